The Morgan fingerprint density at radius 1 is 1.31 bits per heavy atom. The minimum atomic E-state index is -4.75. The molecule has 222 valence electrons. The number of esters is 1. The van der Waals surface area contributed by atoms with Gasteiger partial charge in [-0.1, -0.05) is 16.8 Å². The summed E-state index contributed by atoms with van der Waals surface area (Å²) < 4.78 is 42.9. The molecule has 1 unspecified atom stereocenters. The van der Waals surface area contributed by atoms with Crippen LogP contribution in [0.4, 0.5) is 24.0 Å². The fourth-order valence-electron chi connectivity index (χ4n) is 3.59. The second-order valence-corrected chi connectivity index (χ2v) is 10.7. The molecule has 42 heavy (non-hydrogen) atoms. The van der Waals surface area contributed by atoms with Crippen molar-refractivity contribution >= 4 is 75.4 Å². The molecule has 1 saturated heterocycles. The van der Waals surface area contributed by atoms with Crippen LogP contribution >= 0.6 is 34.7 Å². The number of alkyl halides is 3. The number of nitrogens with one attached hydrogen (secondary N) is 2. The number of benzene rings is 1. The maximum Gasteiger partial charge on any atom is 0.425 e. The Morgan fingerprint density at radius 3 is 2.67 bits per heavy atom. The molecule has 4 rings (SSSR count). The van der Waals surface area contributed by atoms with E-state index >= 15 is 0 Å². The van der Waals surface area contributed by atoms with Crippen LogP contribution in [0.1, 0.15) is 11.3 Å². The molecule has 1 fully saturated rings. The van der Waals surface area contributed by atoms with Crippen LogP contribution in [0.5, 0.6) is 0 Å². The molecule has 1 aromatic heterocycles. The summed E-state index contributed by atoms with van der Waals surface area (Å²) in [6.07, 6.45) is -4.45. The summed E-state index contributed by atoms with van der Waals surface area (Å²) in [5.41, 5.74) is -0.916. The highest BCUT2D eigenvalue weighted by Crippen LogP contribution is 2.41. The third kappa shape index (κ3) is 6.97. The van der Waals surface area contributed by atoms with Crippen LogP contribution in [0.15, 0.2) is 45.5 Å². The number of β-lactam (4-membered cyclic amide) rings is 1. The van der Waals surface area contributed by atoms with Crippen molar-refractivity contribution in [3.8, 4) is 0 Å². The first kappa shape index (κ1) is 30.7. The fraction of sp³-hybridized carbons (Fsp3) is 0.273. The second kappa shape index (κ2) is 12.7. The Balaban J connectivity index is 1.45. The Bertz CT molecular complexity index is 1480. The maximum absolute atomic E-state index is 13.0. The van der Waals surface area contributed by atoms with Crippen molar-refractivity contribution in [1.82, 2.24) is 15.2 Å². The average Bonchev–Trinajstić information content (AvgIpc) is 3.40. The normalized spacial score (nSPS) is 18.5. The summed E-state index contributed by atoms with van der Waals surface area (Å²) in [7, 11) is 0. The first-order chi connectivity index (χ1) is 19.9. The molecule has 0 radical (unpaired) electrons. The number of nitro benzene ring substituents is 1. The largest absolute Gasteiger partial charge is 0.456 e. The van der Waals surface area contributed by atoms with Gasteiger partial charge < -0.3 is 20.2 Å². The number of aromatic nitrogens is 1. The van der Waals surface area contributed by atoms with Crippen molar-refractivity contribution in [3.63, 3.8) is 0 Å². The molecular formula is C22H16ClF3N6O8S2. The van der Waals surface area contributed by atoms with E-state index in [-0.39, 0.29) is 39.6 Å². The Kier molecular flexibility index (Phi) is 9.32. The van der Waals surface area contributed by atoms with Gasteiger partial charge in [0.1, 0.15) is 29.4 Å². The predicted molar refractivity (Wildman–Crippen MR) is 141 cm³/mol. The van der Waals surface area contributed by atoms with E-state index in [1.807, 2.05) is 0 Å². The number of nitro groups is 1. The minimum absolute atomic E-state index is 0.00330. The third-order valence-electron chi connectivity index (χ3n) is 5.45. The molecule has 3 heterocycles. The fourth-order valence-corrected chi connectivity index (χ4v) is 5.79. The van der Waals surface area contributed by atoms with Gasteiger partial charge in [0.2, 0.25) is 13.0 Å². The van der Waals surface area contributed by atoms with Crippen LogP contribution in [-0.2, 0) is 35.4 Å². The topological polar surface area (TPSA) is 182 Å². The van der Waals surface area contributed by atoms with E-state index in [4.69, 9.17) is 16.3 Å². The number of carbonyl (C=O) groups excluding carboxylic acids is 4. The summed E-state index contributed by atoms with van der Waals surface area (Å²) >= 11 is 8.17. The van der Waals surface area contributed by atoms with Gasteiger partial charge in [-0.2, -0.15) is 13.2 Å². The van der Waals surface area contributed by atoms with Crippen LogP contribution in [0.3, 0.4) is 0 Å². The molecule has 2 aliphatic rings. The van der Waals surface area contributed by atoms with Gasteiger partial charge in [0.15, 0.2) is 10.8 Å². The van der Waals surface area contributed by atoms with Gasteiger partial charge >= 0.3 is 12.1 Å². The van der Waals surface area contributed by atoms with Crippen molar-refractivity contribution in [3.05, 3.63) is 61.7 Å². The van der Waals surface area contributed by atoms with E-state index in [0.29, 0.717) is 12.0 Å². The summed E-state index contributed by atoms with van der Waals surface area (Å²) in [4.78, 5) is 68.9. The number of anilines is 1. The summed E-state index contributed by atoms with van der Waals surface area (Å²) in [5, 5.41) is 19.1. The number of carbonyl (C=O) groups is 4. The van der Waals surface area contributed by atoms with E-state index in [2.05, 4.69) is 25.6 Å². The molecule has 2 aliphatic heterocycles. The summed E-state index contributed by atoms with van der Waals surface area (Å²) in [6, 6.07) is 4.00. The first-order valence-electron chi connectivity index (χ1n) is 11.4. The van der Waals surface area contributed by atoms with Crippen LogP contribution in [-0.4, -0.2) is 74.7 Å². The number of hydrogen-bond acceptors (Lipinski definition) is 12. The SMILES string of the molecule is O=CNc1nc(/C(=N/OCC(F)(F)F)C(=O)NC2C(=O)N3C(C(=O)OCc4ccc([N+](=O)[O-])cc4)=C(Cl)CS[C@H]23)cs1. The Labute approximate surface area is 246 Å². The summed E-state index contributed by atoms with van der Waals surface area (Å²) in [6.45, 7) is -2.09. The van der Waals surface area contributed by atoms with Gasteiger partial charge in [-0.3, -0.25) is 29.4 Å². The van der Waals surface area contributed by atoms with E-state index in [9.17, 15) is 42.5 Å². The highest BCUT2D eigenvalue weighted by molar-refractivity contribution is 8.00. The highest BCUT2D eigenvalue weighted by atomic mass is 35.5. The number of thioether (sulfide) groups is 1. The smallest absolute Gasteiger partial charge is 0.425 e. The van der Waals surface area contributed by atoms with Crippen molar-refractivity contribution in [2.45, 2.75) is 24.2 Å². The molecule has 2 aromatic rings. The van der Waals surface area contributed by atoms with Gasteiger partial charge in [-0.05, 0) is 17.7 Å². The lowest BCUT2D eigenvalue weighted by Crippen LogP contribution is -2.71. The molecule has 1 aromatic carbocycles. The van der Waals surface area contributed by atoms with Crippen molar-refractivity contribution in [2.75, 3.05) is 17.7 Å². The maximum atomic E-state index is 13.0. The number of amides is 3. The standard InChI is InChI=1S/C22H16ClF3N6O8S2/c23-12-6-41-19-15(18(35)31(19)16(12)20(36)39-5-10-1-3-11(4-2-10)32(37)38)29-17(34)14(30-40-8-22(24,25)26)13-7-42-21(28-13)27-9-33/h1-4,7,9,15,19H,5-6,8H2,(H,29,34)(H,27,28,33)/b30-14-/t15?,19-/m1/s1. The zero-order chi connectivity index (χ0) is 30.6. The molecule has 2 atom stereocenters. The zero-order valence-corrected chi connectivity index (χ0v) is 23.0. The van der Waals surface area contributed by atoms with E-state index in [0.717, 1.165) is 28.0 Å². The van der Waals surface area contributed by atoms with Gasteiger partial charge in [0.25, 0.3) is 17.5 Å². The molecule has 0 saturated carbocycles. The van der Waals surface area contributed by atoms with Crippen molar-refractivity contribution < 1.29 is 46.8 Å². The minimum Gasteiger partial charge on any atom is -0.456 e. The lowest BCUT2D eigenvalue weighted by molar-refractivity contribution is -0.384. The number of hydrogen-bond donors (Lipinski definition) is 2. The van der Waals surface area contributed by atoms with E-state index in [1.165, 1.54) is 29.6 Å². The van der Waals surface area contributed by atoms with E-state index < -0.39 is 52.6 Å². The average molecular weight is 649 g/mol. The van der Waals surface area contributed by atoms with Crippen LogP contribution < -0.4 is 10.6 Å². The lowest BCUT2D eigenvalue weighted by atomic mass is 10.0. The predicted octanol–water partition coefficient (Wildman–Crippen LogP) is 2.50. The molecule has 0 aliphatic carbocycles. The Hall–Kier alpha value is -4.23. The first-order valence-corrected chi connectivity index (χ1v) is 13.7. The number of nitrogens with zero attached hydrogens (tertiary/aromatic N) is 4. The highest BCUT2D eigenvalue weighted by Gasteiger charge is 2.54. The van der Waals surface area contributed by atoms with Crippen LogP contribution in [0.2, 0.25) is 0 Å². The molecule has 20 heteroatoms. The van der Waals surface area contributed by atoms with Crippen LogP contribution in [0, 0.1) is 10.1 Å². The number of rotatable bonds is 11. The lowest BCUT2D eigenvalue weighted by Gasteiger charge is -2.49. The molecule has 3 amide bonds. The quantitative estimate of drug-likeness (QED) is 0.0917. The number of non-ortho nitro benzene ring substituents is 1. The molecule has 14 nitrogen and oxygen atoms in total. The number of thiazole rings is 1. The third-order valence-corrected chi connectivity index (χ3v) is 7.97. The number of ether oxygens (including phenoxy) is 1. The zero-order valence-electron chi connectivity index (χ0n) is 20.6. The second-order valence-electron chi connectivity index (χ2n) is 8.24. The van der Waals surface area contributed by atoms with E-state index in [1.54, 1.807) is 0 Å². The number of fused-ring (bicyclic) bond motifs is 1. The molecular weight excluding hydrogens is 633 g/mol. The Morgan fingerprint density at radius 2 is 2.02 bits per heavy atom. The van der Waals surface area contributed by atoms with Gasteiger partial charge in [-0.25, -0.2) is 9.78 Å². The van der Waals surface area contributed by atoms with Crippen molar-refractivity contribution in [1.29, 1.82) is 0 Å². The van der Waals surface area contributed by atoms with Gasteiger partial charge in [-0.15, -0.1) is 23.1 Å². The van der Waals surface area contributed by atoms with Crippen LogP contribution in [0.25, 0.3) is 0 Å². The summed E-state index contributed by atoms with van der Waals surface area (Å²) in [5.74, 6) is -2.77. The molecule has 2 N–H and O–H groups in total. The van der Waals surface area contributed by atoms with Crippen molar-refractivity contribution in [2.24, 2.45) is 5.16 Å². The van der Waals surface area contributed by atoms with Gasteiger partial charge in [0.05, 0.1) is 9.96 Å². The monoisotopic (exact) mass is 648 g/mol. The number of oxime groups is 1. The molecule has 0 spiro atoms. The van der Waals surface area contributed by atoms with Gasteiger partial charge in [0, 0.05) is 23.3 Å². The molecule has 0 bridgehead atoms. The number of halogens is 4.